The van der Waals surface area contributed by atoms with Crippen LogP contribution >= 0.6 is 0 Å². The minimum atomic E-state index is 0.0904. The van der Waals surface area contributed by atoms with E-state index in [1.165, 1.54) is 0 Å². The summed E-state index contributed by atoms with van der Waals surface area (Å²) in [7, 11) is 0. The maximum atomic E-state index is 11.8. The first kappa shape index (κ1) is 16.0. The molecule has 0 heterocycles. The van der Waals surface area contributed by atoms with E-state index in [2.05, 4.69) is 13.5 Å². The van der Waals surface area contributed by atoms with Gasteiger partial charge in [-0.1, -0.05) is 56.8 Å². The van der Waals surface area contributed by atoms with Gasteiger partial charge in [-0.2, -0.15) is 0 Å². The van der Waals surface area contributed by atoms with Crippen molar-refractivity contribution >= 4 is 11.4 Å². The number of hydrogen-bond acceptors (Lipinski definition) is 2. The predicted octanol–water partition coefficient (Wildman–Crippen LogP) is 4.82. The van der Waals surface area contributed by atoms with E-state index >= 15 is 0 Å². The lowest BCUT2D eigenvalue weighted by Gasteiger charge is -2.13. The summed E-state index contributed by atoms with van der Waals surface area (Å²) in [6.45, 7) is 8.41. The van der Waals surface area contributed by atoms with E-state index in [1.807, 2.05) is 55.5 Å². The molecule has 0 saturated carbocycles. The van der Waals surface area contributed by atoms with Crippen LogP contribution in [0.15, 0.2) is 55.1 Å². The van der Waals surface area contributed by atoms with Crippen LogP contribution in [0.2, 0.25) is 0 Å². The van der Waals surface area contributed by atoms with Crippen molar-refractivity contribution in [1.82, 2.24) is 0 Å². The number of Topliss-reactive ketones (excluding diaryl/α,β-unsaturated/α-hetero) is 1. The highest BCUT2D eigenvalue weighted by Crippen LogP contribution is 2.25. The molecule has 0 unspecified atom stereocenters. The molecule has 2 nitrogen and oxygen atoms in total. The van der Waals surface area contributed by atoms with Gasteiger partial charge in [0.05, 0.1) is 0 Å². The summed E-state index contributed by atoms with van der Waals surface area (Å²) in [6, 6.07) is 15.9. The Hall–Kier alpha value is -2.35. The zero-order valence-electron chi connectivity index (χ0n) is 13.3. The number of ketones is 1. The van der Waals surface area contributed by atoms with Gasteiger partial charge in [0.2, 0.25) is 0 Å². The summed E-state index contributed by atoms with van der Waals surface area (Å²) in [4.78, 5) is 11.8. The van der Waals surface area contributed by atoms with Crippen LogP contribution in [-0.4, -0.2) is 5.78 Å². The number of ether oxygens (including phenoxy) is 1. The molecule has 0 aliphatic carbocycles. The number of rotatable bonds is 7. The summed E-state index contributed by atoms with van der Waals surface area (Å²) in [5.41, 5.74) is 3.75. The largest absolute Gasteiger partial charge is 0.489 e. The SMILES string of the molecule is C=C(C(=O)CC)c1ccc(OCc2ccccc2)cc1CC. The van der Waals surface area contributed by atoms with Crippen LogP contribution in [0.3, 0.4) is 0 Å². The topological polar surface area (TPSA) is 26.3 Å². The second kappa shape index (κ2) is 7.60. The smallest absolute Gasteiger partial charge is 0.162 e. The first-order valence-corrected chi connectivity index (χ1v) is 7.67. The molecule has 2 heteroatoms. The second-order valence-corrected chi connectivity index (χ2v) is 5.20. The van der Waals surface area contributed by atoms with Gasteiger partial charge >= 0.3 is 0 Å². The minimum absolute atomic E-state index is 0.0904. The Bertz CT molecular complexity index is 657. The average molecular weight is 294 g/mol. The van der Waals surface area contributed by atoms with Crippen LogP contribution < -0.4 is 4.74 Å². The summed E-state index contributed by atoms with van der Waals surface area (Å²) in [6.07, 6.45) is 1.32. The summed E-state index contributed by atoms with van der Waals surface area (Å²) >= 11 is 0. The van der Waals surface area contributed by atoms with Gasteiger partial charge in [0.15, 0.2) is 5.78 Å². The molecule has 0 N–H and O–H groups in total. The van der Waals surface area contributed by atoms with Gasteiger partial charge < -0.3 is 4.74 Å². The van der Waals surface area contributed by atoms with E-state index in [0.29, 0.717) is 18.6 Å². The molecule has 2 rings (SSSR count). The van der Waals surface area contributed by atoms with E-state index in [1.54, 1.807) is 0 Å². The molecular formula is C20H22O2. The molecule has 0 spiro atoms. The number of carbonyl (C=O) groups excluding carboxylic acids is 1. The zero-order chi connectivity index (χ0) is 15.9. The molecule has 0 fully saturated rings. The lowest BCUT2D eigenvalue weighted by molar-refractivity contribution is -0.113. The monoisotopic (exact) mass is 294 g/mol. The van der Waals surface area contributed by atoms with E-state index in [9.17, 15) is 4.79 Å². The molecule has 0 aliphatic rings. The van der Waals surface area contributed by atoms with Crippen molar-refractivity contribution in [2.24, 2.45) is 0 Å². The lowest BCUT2D eigenvalue weighted by Crippen LogP contribution is -2.02. The van der Waals surface area contributed by atoms with Gasteiger partial charge in [-0.15, -0.1) is 0 Å². The molecule has 0 aliphatic heterocycles. The highest BCUT2D eigenvalue weighted by atomic mass is 16.5. The Morgan fingerprint density at radius 3 is 2.45 bits per heavy atom. The maximum absolute atomic E-state index is 11.8. The highest BCUT2D eigenvalue weighted by molar-refractivity contribution is 6.20. The fourth-order valence-corrected chi connectivity index (χ4v) is 2.35. The molecule has 0 atom stereocenters. The second-order valence-electron chi connectivity index (χ2n) is 5.20. The van der Waals surface area contributed by atoms with Crippen molar-refractivity contribution in [1.29, 1.82) is 0 Å². The molecule has 0 amide bonds. The van der Waals surface area contributed by atoms with Crippen LogP contribution in [0.5, 0.6) is 5.75 Å². The van der Waals surface area contributed by atoms with Crippen molar-refractivity contribution < 1.29 is 9.53 Å². The molecule has 0 saturated heterocycles. The van der Waals surface area contributed by atoms with Crippen LogP contribution in [0.4, 0.5) is 0 Å². The number of benzene rings is 2. The Morgan fingerprint density at radius 2 is 1.82 bits per heavy atom. The molecule has 22 heavy (non-hydrogen) atoms. The summed E-state index contributed by atoms with van der Waals surface area (Å²) in [5, 5.41) is 0. The third-order valence-electron chi connectivity index (χ3n) is 3.69. The fraction of sp³-hybridized carbons (Fsp3) is 0.250. The van der Waals surface area contributed by atoms with E-state index < -0.39 is 0 Å². The van der Waals surface area contributed by atoms with Gasteiger partial charge in [-0.05, 0) is 35.2 Å². The third-order valence-corrected chi connectivity index (χ3v) is 3.69. The fourth-order valence-electron chi connectivity index (χ4n) is 2.35. The van der Waals surface area contributed by atoms with Crippen LogP contribution in [0.25, 0.3) is 5.57 Å². The summed E-state index contributed by atoms with van der Waals surface area (Å²) in [5.74, 6) is 0.911. The minimum Gasteiger partial charge on any atom is -0.489 e. The van der Waals surface area contributed by atoms with E-state index in [-0.39, 0.29) is 5.78 Å². The molecule has 114 valence electrons. The maximum Gasteiger partial charge on any atom is 0.162 e. The molecule has 0 radical (unpaired) electrons. The number of aryl methyl sites for hydroxylation is 1. The Labute approximate surface area is 132 Å². The van der Waals surface area contributed by atoms with Gasteiger partial charge in [-0.3, -0.25) is 4.79 Å². The normalized spacial score (nSPS) is 10.3. The Morgan fingerprint density at radius 1 is 1.09 bits per heavy atom. The third kappa shape index (κ3) is 3.85. The van der Waals surface area contributed by atoms with Crippen molar-refractivity contribution in [3.8, 4) is 5.75 Å². The molecule has 2 aromatic rings. The Kier molecular flexibility index (Phi) is 5.54. The molecular weight excluding hydrogens is 272 g/mol. The van der Waals surface area contributed by atoms with Crippen molar-refractivity contribution in [3.05, 3.63) is 71.8 Å². The van der Waals surface area contributed by atoms with Crippen LogP contribution in [-0.2, 0) is 17.8 Å². The lowest BCUT2D eigenvalue weighted by atomic mass is 9.95. The number of hydrogen-bond donors (Lipinski definition) is 0. The standard InChI is InChI=1S/C20H22O2/c1-4-17-13-18(22-14-16-9-7-6-8-10-16)11-12-19(17)15(3)20(21)5-2/h6-13H,3-5,14H2,1-2H3. The van der Waals surface area contributed by atoms with Crippen LogP contribution in [0, 0.1) is 0 Å². The zero-order valence-corrected chi connectivity index (χ0v) is 13.3. The Balaban J connectivity index is 2.15. The molecule has 0 aromatic heterocycles. The van der Waals surface area contributed by atoms with Gasteiger partial charge in [-0.25, -0.2) is 0 Å². The van der Waals surface area contributed by atoms with E-state index in [0.717, 1.165) is 28.9 Å². The molecule has 0 bridgehead atoms. The highest BCUT2D eigenvalue weighted by Gasteiger charge is 2.12. The summed E-state index contributed by atoms with van der Waals surface area (Å²) < 4.78 is 5.84. The predicted molar refractivity (Wildman–Crippen MR) is 90.9 cm³/mol. The number of allylic oxidation sites excluding steroid dienone is 1. The quantitative estimate of drug-likeness (QED) is 0.684. The van der Waals surface area contributed by atoms with Crippen LogP contribution in [0.1, 0.15) is 37.0 Å². The van der Waals surface area contributed by atoms with Gasteiger partial charge in [0.25, 0.3) is 0 Å². The molecule has 2 aromatic carbocycles. The first-order valence-electron chi connectivity index (χ1n) is 7.67. The van der Waals surface area contributed by atoms with Crippen molar-refractivity contribution in [2.45, 2.75) is 33.3 Å². The van der Waals surface area contributed by atoms with Gasteiger partial charge in [0, 0.05) is 12.0 Å². The van der Waals surface area contributed by atoms with Crippen molar-refractivity contribution in [3.63, 3.8) is 0 Å². The van der Waals surface area contributed by atoms with Crippen molar-refractivity contribution in [2.75, 3.05) is 0 Å². The van der Waals surface area contributed by atoms with Gasteiger partial charge in [0.1, 0.15) is 12.4 Å². The first-order chi connectivity index (χ1) is 10.7. The van der Waals surface area contributed by atoms with E-state index in [4.69, 9.17) is 4.74 Å². The average Bonchev–Trinajstić information content (AvgIpc) is 2.59. The number of carbonyl (C=O) groups is 1.